The Kier molecular flexibility index (Phi) is 1.84. The molecule has 1 heterocycles. The van der Waals surface area contributed by atoms with Crippen LogP contribution in [0.25, 0.3) is 26.5 Å². The highest BCUT2D eigenvalue weighted by Gasteiger charge is 2.01. The molecule has 0 saturated carbocycles. The maximum atomic E-state index is 7.03. The molecule has 0 aliphatic heterocycles. The quantitative estimate of drug-likeness (QED) is 0.400. The Bertz CT molecular complexity index is 723. The summed E-state index contributed by atoms with van der Waals surface area (Å²) in [6, 6.07) is 13.7. The van der Waals surface area contributed by atoms with Crippen LogP contribution in [0.3, 0.4) is 0 Å². The minimum Gasteiger partial charge on any atom is -0.256 e. The van der Waals surface area contributed by atoms with Crippen molar-refractivity contribution in [1.29, 1.82) is 0 Å². The molecule has 0 spiro atoms. The van der Waals surface area contributed by atoms with Crippen LogP contribution in [0.15, 0.2) is 48.7 Å². The fourth-order valence-electron chi connectivity index (χ4n) is 1.92. The molecule has 0 fully saturated rings. The third-order valence-corrected chi connectivity index (χ3v) is 2.70. The van der Waals surface area contributed by atoms with Crippen LogP contribution in [0, 0.1) is 6.57 Å². The predicted molar refractivity (Wildman–Crippen MR) is 65.5 cm³/mol. The van der Waals surface area contributed by atoms with Crippen molar-refractivity contribution in [3.63, 3.8) is 0 Å². The molecule has 3 aromatic rings. The van der Waals surface area contributed by atoms with Crippen LogP contribution in [-0.2, 0) is 0 Å². The van der Waals surface area contributed by atoms with E-state index in [0.717, 1.165) is 21.7 Å². The van der Waals surface area contributed by atoms with E-state index in [1.807, 2.05) is 36.5 Å². The van der Waals surface area contributed by atoms with Crippen molar-refractivity contribution in [2.45, 2.75) is 0 Å². The Morgan fingerprint density at radius 2 is 1.88 bits per heavy atom. The Hall–Kier alpha value is -2.40. The van der Waals surface area contributed by atoms with Crippen molar-refractivity contribution in [1.82, 2.24) is 4.98 Å². The SMILES string of the molecule is [C-]#[N+]c1ccc2ncc3ccccc3c2c1. The summed E-state index contributed by atoms with van der Waals surface area (Å²) in [6.45, 7) is 7.03. The molecule has 74 valence electrons. The van der Waals surface area contributed by atoms with Gasteiger partial charge in [0.1, 0.15) is 0 Å². The first kappa shape index (κ1) is 8.87. The van der Waals surface area contributed by atoms with E-state index in [-0.39, 0.29) is 0 Å². The van der Waals surface area contributed by atoms with E-state index in [4.69, 9.17) is 6.57 Å². The summed E-state index contributed by atoms with van der Waals surface area (Å²) in [4.78, 5) is 7.83. The molecule has 0 atom stereocenters. The van der Waals surface area contributed by atoms with E-state index < -0.39 is 0 Å². The van der Waals surface area contributed by atoms with E-state index in [1.165, 1.54) is 0 Å². The second kappa shape index (κ2) is 3.32. The third kappa shape index (κ3) is 1.23. The van der Waals surface area contributed by atoms with E-state index in [2.05, 4.69) is 15.9 Å². The molecule has 0 aliphatic rings. The molecule has 0 aliphatic carbocycles. The largest absolute Gasteiger partial charge is 0.256 e. The van der Waals surface area contributed by atoms with Crippen LogP contribution < -0.4 is 0 Å². The molecule has 0 saturated heterocycles. The number of hydrogen-bond donors (Lipinski definition) is 0. The standard InChI is InChI=1S/C14H8N2/c1-15-11-6-7-14-13(8-11)12-5-3-2-4-10(12)9-16-14/h2-9H. The first-order valence-corrected chi connectivity index (χ1v) is 5.03. The lowest BCUT2D eigenvalue weighted by Gasteiger charge is -2.02. The molecule has 0 N–H and O–H groups in total. The highest BCUT2D eigenvalue weighted by Crippen LogP contribution is 2.26. The lowest BCUT2D eigenvalue weighted by molar-refractivity contribution is 1.45. The van der Waals surface area contributed by atoms with Crippen LogP contribution in [-0.4, -0.2) is 4.98 Å². The molecule has 3 rings (SSSR count). The van der Waals surface area contributed by atoms with E-state index in [1.54, 1.807) is 6.07 Å². The van der Waals surface area contributed by atoms with Gasteiger partial charge in [-0.15, -0.1) is 0 Å². The number of fused-ring (bicyclic) bond motifs is 3. The van der Waals surface area contributed by atoms with Gasteiger partial charge in [-0.05, 0) is 22.9 Å². The van der Waals surface area contributed by atoms with Crippen LogP contribution in [0.5, 0.6) is 0 Å². The summed E-state index contributed by atoms with van der Waals surface area (Å²) in [5.74, 6) is 0. The van der Waals surface area contributed by atoms with E-state index in [0.29, 0.717) is 5.69 Å². The fourth-order valence-corrected chi connectivity index (χ4v) is 1.92. The highest BCUT2D eigenvalue weighted by atomic mass is 14.7. The summed E-state index contributed by atoms with van der Waals surface area (Å²) in [5.41, 5.74) is 1.59. The van der Waals surface area contributed by atoms with Gasteiger partial charge in [0, 0.05) is 11.6 Å². The number of rotatable bonds is 0. The maximum Gasteiger partial charge on any atom is 0.188 e. The van der Waals surface area contributed by atoms with E-state index in [9.17, 15) is 0 Å². The number of pyridine rings is 1. The summed E-state index contributed by atoms with van der Waals surface area (Å²) in [7, 11) is 0. The van der Waals surface area contributed by atoms with Gasteiger partial charge in [0.15, 0.2) is 5.69 Å². The molecule has 0 amide bonds. The van der Waals surface area contributed by atoms with Gasteiger partial charge in [0.2, 0.25) is 0 Å². The second-order valence-electron chi connectivity index (χ2n) is 3.66. The van der Waals surface area contributed by atoms with Crippen molar-refractivity contribution in [2.75, 3.05) is 0 Å². The van der Waals surface area contributed by atoms with Gasteiger partial charge in [-0.2, -0.15) is 0 Å². The molecule has 2 aromatic carbocycles. The minimum absolute atomic E-state index is 0.658. The van der Waals surface area contributed by atoms with Crippen molar-refractivity contribution in [3.05, 3.63) is 60.1 Å². The van der Waals surface area contributed by atoms with E-state index >= 15 is 0 Å². The fraction of sp³-hybridized carbons (Fsp3) is 0. The summed E-state index contributed by atoms with van der Waals surface area (Å²) in [5, 5.41) is 3.31. The predicted octanol–water partition coefficient (Wildman–Crippen LogP) is 3.94. The average molecular weight is 204 g/mol. The monoisotopic (exact) mass is 204 g/mol. The van der Waals surface area contributed by atoms with Gasteiger partial charge in [-0.1, -0.05) is 30.3 Å². The maximum absolute atomic E-state index is 7.03. The first-order chi connectivity index (χ1) is 7.88. The first-order valence-electron chi connectivity index (χ1n) is 5.03. The lowest BCUT2D eigenvalue weighted by atomic mass is 10.1. The Labute approximate surface area is 93.0 Å². The molecule has 2 nitrogen and oxygen atoms in total. The zero-order chi connectivity index (χ0) is 11.0. The normalized spacial score (nSPS) is 10.4. The molecule has 0 unspecified atom stereocenters. The Morgan fingerprint density at radius 1 is 1.00 bits per heavy atom. The number of hydrogen-bond acceptors (Lipinski definition) is 1. The van der Waals surface area contributed by atoms with Crippen molar-refractivity contribution < 1.29 is 0 Å². The second-order valence-corrected chi connectivity index (χ2v) is 3.66. The van der Waals surface area contributed by atoms with Crippen LogP contribution >= 0.6 is 0 Å². The molecule has 1 aromatic heterocycles. The molecule has 2 heteroatoms. The Balaban J connectivity index is 2.53. The lowest BCUT2D eigenvalue weighted by Crippen LogP contribution is -1.80. The zero-order valence-corrected chi connectivity index (χ0v) is 8.51. The molecule has 0 bridgehead atoms. The molecular weight excluding hydrogens is 196 g/mol. The topological polar surface area (TPSA) is 17.2 Å². The van der Waals surface area contributed by atoms with Gasteiger partial charge in [-0.3, -0.25) is 4.98 Å². The summed E-state index contributed by atoms with van der Waals surface area (Å²) < 4.78 is 0. The van der Waals surface area contributed by atoms with Crippen molar-refractivity contribution in [3.8, 4) is 0 Å². The number of nitrogens with zero attached hydrogens (tertiary/aromatic N) is 2. The number of aromatic nitrogens is 1. The van der Waals surface area contributed by atoms with Gasteiger partial charge in [-0.25, -0.2) is 4.85 Å². The van der Waals surface area contributed by atoms with Crippen LogP contribution in [0.1, 0.15) is 0 Å². The van der Waals surface area contributed by atoms with Crippen molar-refractivity contribution in [2.24, 2.45) is 0 Å². The molecular formula is C14H8N2. The number of benzene rings is 2. The van der Waals surface area contributed by atoms with Gasteiger partial charge < -0.3 is 0 Å². The van der Waals surface area contributed by atoms with Crippen LogP contribution in [0.2, 0.25) is 0 Å². The summed E-state index contributed by atoms with van der Waals surface area (Å²) in [6.07, 6.45) is 1.87. The smallest absolute Gasteiger partial charge is 0.188 e. The third-order valence-electron chi connectivity index (χ3n) is 2.70. The van der Waals surface area contributed by atoms with Gasteiger partial charge >= 0.3 is 0 Å². The Morgan fingerprint density at radius 3 is 2.75 bits per heavy atom. The van der Waals surface area contributed by atoms with Gasteiger partial charge in [0.25, 0.3) is 0 Å². The minimum atomic E-state index is 0.658. The highest BCUT2D eigenvalue weighted by molar-refractivity contribution is 6.06. The molecule has 16 heavy (non-hydrogen) atoms. The van der Waals surface area contributed by atoms with Crippen molar-refractivity contribution >= 4 is 27.4 Å². The van der Waals surface area contributed by atoms with Crippen LogP contribution in [0.4, 0.5) is 5.69 Å². The summed E-state index contributed by atoms with van der Waals surface area (Å²) >= 11 is 0. The van der Waals surface area contributed by atoms with Gasteiger partial charge in [0.05, 0.1) is 12.1 Å². The molecule has 0 radical (unpaired) electrons. The average Bonchev–Trinajstić information content (AvgIpc) is 2.38. The zero-order valence-electron chi connectivity index (χ0n) is 8.51.